The molecule has 2 nitrogen and oxygen atoms in total. The summed E-state index contributed by atoms with van der Waals surface area (Å²) in [6.07, 6.45) is 9.74. The second kappa shape index (κ2) is 6.79. The zero-order valence-corrected chi connectivity index (χ0v) is 14.3. The van der Waals surface area contributed by atoms with Crippen molar-refractivity contribution in [1.29, 1.82) is 0 Å². The van der Waals surface area contributed by atoms with Crippen LogP contribution >= 0.6 is 0 Å². The summed E-state index contributed by atoms with van der Waals surface area (Å²) in [5.74, 6) is 0. The van der Waals surface area contributed by atoms with Gasteiger partial charge in [0.25, 0.3) is 0 Å². The molecule has 1 heterocycles. The lowest BCUT2D eigenvalue weighted by molar-refractivity contribution is 0.0839. The first-order chi connectivity index (χ1) is 9.36. The predicted octanol–water partition coefficient (Wildman–Crippen LogP) is 4.06. The van der Waals surface area contributed by atoms with Crippen molar-refractivity contribution in [2.45, 2.75) is 78.7 Å². The molecular weight excluding hydrogens is 244 g/mol. The Morgan fingerprint density at radius 3 is 2.00 bits per heavy atom. The van der Waals surface area contributed by atoms with Crippen LogP contribution in [0.3, 0.4) is 0 Å². The molecule has 118 valence electrons. The van der Waals surface area contributed by atoms with Crippen LogP contribution in [-0.4, -0.2) is 37.1 Å². The standard InChI is InChI=1S/C18H36N2/c1-17(2)13-16(14-18(3,4)15-17)19-9-12-20-10-7-5-6-8-11-20/h16,19H,5-15H2,1-4H3. The highest BCUT2D eigenvalue weighted by molar-refractivity contribution is 4.92. The maximum Gasteiger partial charge on any atom is 0.0107 e. The zero-order chi connectivity index (χ0) is 14.6. The second-order valence-electron chi connectivity index (χ2n) is 8.82. The Labute approximate surface area is 126 Å². The molecule has 0 aromatic rings. The quantitative estimate of drug-likeness (QED) is 0.835. The summed E-state index contributed by atoms with van der Waals surface area (Å²) in [5.41, 5.74) is 1.00. The minimum atomic E-state index is 0.502. The maximum absolute atomic E-state index is 3.86. The molecule has 2 aliphatic rings. The third-order valence-electron chi connectivity index (χ3n) is 5.11. The Morgan fingerprint density at radius 2 is 1.45 bits per heavy atom. The van der Waals surface area contributed by atoms with E-state index in [4.69, 9.17) is 0 Å². The monoisotopic (exact) mass is 280 g/mol. The minimum Gasteiger partial charge on any atom is -0.313 e. The molecule has 0 aromatic heterocycles. The van der Waals surface area contributed by atoms with Crippen molar-refractivity contribution in [2.75, 3.05) is 26.2 Å². The molecule has 2 heteroatoms. The van der Waals surface area contributed by atoms with Crippen LogP contribution in [0.25, 0.3) is 0 Å². The Bertz CT molecular complexity index is 272. The van der Waals surface area contributed by atoms with Gasteiger partial charge in [0, 0.05) is 19.1 Å². The molecule has 0 radical (unpaired) electrons. The molecule has 2 fully saturated rings. The van der Waals surface area contributed by atoms with E-state index >= 15 is 0 Å². The van der Waals surface area contributed by atoms with E-state index in [2.05, 4.69) is 37.9 Å². The van der Waals surface area contributed by atoms with Crippen LogP contribution in [0.2, 0.25) is 0 Å². The summed E-state index contributed by atoms with van der Waals surface area (Å²) in [6, 6.07) is 0.723. The lowest BCUT2D eigenvalue weighted by atomic mass is 9.63. The number of nitrogens with one attached hydrogen (secondary N) is 1. The summed E-state index contributed by atoms with van der Waals surface area (Å²) in [7, 11) is 0. The third kappa shape index (κ3) is 5.37. The van der Waals surface area contributed by atoms with Crippen molar-refractivity contribution in [1.82, 2.24) is 10.2 Å². The molecule has 20 heavy (non-hydrogen) atoms. The fourth-order valence-electron chi connectivity index (χ4n) is 4.78. The van der Waals surface area contributed by atoms with Gasteiger partial charge in [0.1, 0.15) is 0 Å². The van der Waals surface area contributed by atoms with E-state index in [9.17, 15) is 0 Å². The molecule has 1 saturated carbocycles. The Kier molecular flexibility index (Phi) is 5.53. The predicted molar refractivity (Wildman–Crippen MR) is 88.1 cm³/mol. The van der Waals surface area contributed by atoms with Gasteiger partial charge in [-0.1, -0.05) is 40.5 Å². The van der Waals surface area contributed by atoms with E-state index in [1.165, 1.54) is 71.1 Å². The van der Waals surface area contributed by atoms with Gasteiger partial charge in [-0.2, -0.15) is 0 Å². The van der Waals surface area contributed by atoms with E-state index in [-0.39, 0.29) is 0 Å². The molecule has 1 saturated heterocycles. The summed E-state index contributed by atoms with van der Waals surface area (Å²) < 4.78 is 0. The van der Waals surface area contributed by atoms with Crippen LogP contribution in [0.15, 0.2) is 0 Å². The van der Waals surface area contributed by atoms with Gasteiger partial charge in [-0.3, -0.25) is 0 Å². The number of nitrogens with zero attached hydrogens (tertiary/aromatic N) is 1. The topological polar surface area (TPSA) is 15.3 Å². The second-order valence-corrected chi connectivity index (χ2v) is 8.82. The van der Waals surface area contributed by atoms with Crippen molar-refractivity contribution < 1.29 is 0 Å². The van der Waals surface area contributed by atoms with Crippen molar-refractivity contribution >= 4 is 0 Å². The molecule has 1 N–H and O–H groups in total. The number of hydrogen-bond donors (Lipinski definition) is 1. The Morgan fingerprint density at radius 1 is 0.900 bits per heavy atom. The summed E-state index contributed by atoms with van der Waals surface area (Å²) in [6.45, 7) is 14.8. The lowest BCUT2D eigenvalue weighted by Gasteiger charge is -2.45. The first-order valence-corrected chi connectivity index (χ1v) is 8.82. The molecule has 0 spiro atoms. The molecule has 1 aliphatic carbocycles. The minimum absolute atomic E-state index is 0.502. The molecule has 1 aliphatic heterocycles. The molecule has 0 atom stereocenters. The normalized spacial score (nSPS) is 28.2. The van der Waals surface area contributed by atoms with E-state index in [0.717, 1.165) is 6.04 Å². The first-order valence-electron chi connectivity index (χ1n) is 8.82. The average molecular weight is 280 g/mol. The zero-order valence-electron chi connectivity index (χ0n) is 14.3. The van der Waals surface area contributed by atoms with Crippen LogP contribution in [0, 0.1) is 10.8 Å². The number of hydrogen-bond acceptors (Lipinski definition) is 2. The van der Waals surface area contributed by atoms with E-state index in [1.807, 2.05) is 0 Å². The van der Waals surface area contributed by atoms with Crippen LogP contribution < -0.4 is 5.32 Å². The molecule has 0 amide bonds. The fourth-order valence-corrected chi connectivity index (χ4v) is 4.78. The summed E-state index contributed by atoms with van der Waals surface area (Å²) in [5, 5.41) is 3.86. The van der Waals surface area contributed by atoms with Gasteiger partial charge >= 0.3 is 0 Å². The van der Waals surface area contributed by atoms with Crippen molar-refractivity contribution in [3.63, 3.8) is 0 Å². The third-order valence-corrected chi connectivity index (χ3v) is 5.11. The van der Waals surface area contributed by atoms with Gasteiger partial charge in [-0.25, -0.2) is 0 Å². The van der Waals surface area contributed by atoms with Crippen molar-refractivity contribution in [3.05, 3.63) is 0 Å². The fraction of sp³-hybridized carbons (Fsp3) is 1.00. The van der Waals surface area contributed by atoms with E-state index < -0.39 is 0 Å². The highest BCUT2D eigenvalue weighted by Gasteiger charge is 2.38. The first kappa shape index (κ1) is 16.3. The number of likely N-dealkylation sites (tertiary alicyclic amines) is 1. The van der Waals surface area contributed by atoms with Crippen LogP contribution in [0.1, 0.15) is 72.6 Å². The highest BCUT2D eigenvalue weighted by Crippen LogP contribution is 2.45. The van der Waals surface area contributed by atoms with Gasteiger partial charge < -0.3 is 10.2 Å². The van der Waals surface area contributed by atoms with Crippen LogP contribution in [-0.2, 0) is 0 Å². The molecule has 2 rings (SSSR count). The average Bonchev–Trinajstić information content (AvgIpc) is 2.53. The van der Waals surface area contributed by atoms with Crippen molar-refractivity contribution in [3.8, 4) is 0 Å². The Hall–Kier alpha value is -0.0800. The SMILES string of the molecule is CC1(C)CC(NCCN2CCCCCC2)CC(C)(C)C1. The summed E-state index contributed by atoms with van der Waals surface area (Å²) >= 11 is 0. The van der Waals surface area contributed by atoms with Crippen LogP contribution in [0.4, 0.5) is 0 Å². The smallest absolute Gasteiger partial charge is 0.0107 e. The molecule has 0 aromatic carbocycles. The molecular formula is C18H36N2. The van der Waals surface area contributed by atoms with Gasteiger partial charge in [0.15, 0.2) is 0 Å². The Balaban J connectivity index is 1.73. The van der Waals surface area contributed by atoms with Gasteiger partial charge in [0.2, 0.25) is 0 Å². The van der Waals surface area contributed by atoms with E-state index in [1.54, 1.807) is 0 Å². The van der Waals surface area contributed by atoms with Crippen LogP contribution in [0.5, 0.6) is 0 Å². The van der Waals surface area contributed by atoms with Crippen molar-refractivity contribution in [2.24, 2.45) is 10.8 Å². The lowest BCUT2D eigenvalue weighted by Crippen LogP contribution is -2.46. The van der Waals surface area contributed by atoms with Gasteiger partial charge in [-0.15, -0.1) is 0 Å². The van der Waals surface area contributed by atoms with Gasteiger partial charge in [-0.05, 0) is 56.0 Å². The van der Waals surface area contributed by atoms with Gasteiger partial charge in [0.05, 0.1) is 0 Å². The van der Waals surface area contributed by atoms with E-state index in [0.29, 0.717) is 10.8 Å². The largest absolute Gasteiger partial charge is 0.313 e. The molecule has 0 unspecified atom stereocenters. The number of rotatable bonds is 4. The highest BCUT2D eigenvalue weighted by atomic mass is 15.1. The summed E-state index contributed by atoms with van der Waals surface area (Å²) in [4.78, 5) is 2.67. The molecule has 0 bridgehead atoms. The maximum atomic E-state index is 3.86.